The van der Waals surface area contributed by atoms with E-state index in [-0.39, 0.29) is 11.5 Å². The minimum Gasteiger partial charge on any atom is -0.327 e. The van der Waals surface area contributed by atoms with Crippen LogP contribution >= 0.6 is 11.6 Å². The molecule has 1 atom stereocenters. The van der Waals surface area contributed by atoms with E-state index in [4.69, 9.17) is 17.3 Å². The monoisotopic (exact) mass is 265 g/mol. The van der Waals surface area contributed by atoms with Gasteiger partial charge in [0.2, 0.25) is 0 Å². The first-order chi connectivity index (χ1) is 8.34. The van der Waals surface area contributed by atoms with Gasteiger partial charge in [0.15, 0.2) is 0 Å². The molecule has 1 aromatic heterocycles. The van der Waals surface area contributed by atoms with Crippen LogP contribution in [0.15, 0.2) is 18.2 Å². The Morgan fingerprint density at radius 3 is 2.61 bits per heavy atom. The summed E-state index contributed by atoms with van der Waals surface area (Å²) >= 11 is 6.05. The Hall–Kier alpha value is -1.06. The first kappa shape index (κ1) is 13.4. The Morgan fingerprint density at radius 1 is 1.39 bits per heavy atom. The van der Waals surface area contributed by atoms with Gasteiger partial charge in [-0.15, -0.1) is 0 Å². The molecule has 2 aromatic rings. The van der Waals surface area contributed by atoms with Crippen LogP contribution in [0.5, 0.6) is 0 Å². The third-order valence-corrected chi connectivity index (χ3v) is 3.50. The Kier molecular flexibility index (Phi) is 3.39. The average molecular weight is 266 g/mol. The molecule has 0 saturated heterocycles. The minimum atomic E-state index is -0.0939. The number of imidazole rings is 1. The van der Waals surface area contributed by atoms with Gasteiger partial charge in [-0.25, -0.2) is 4.98 Å². The van der Waals surface area contributed by atoms with E-state index < -0.39 is 0 Å². The topological polar surface area (TPSA) is 43.8 Å². The van der Waals surface area contributed by atoms with Gasteiger partial charge in [-0.1, -0.05) is 32.4 Å². The van der Waals surface area contributed by atoms with Crippen LogP contribution in [0, 0.1) is 5.41 Å². The number of benzene rings is 1. The standard InChI is InChI=1S/C14H20ClN3/c1-5-18-11-8-9(15)6-7-10(11)17-13(18)12(16)14(2,3)4/h6-8,12H,5,16H2,1-4H3. The van der Waals surface area contributed by atoms with E-state index in [1.807, 2.05) is 18.2 Å². The fourth-order valence-corrected chi connectivity index (χ4v) is 2.24. The molecule has 0 aliphatic carbocycles. The molecule has 2 rings (SSSR count). The summed E-state index contributed by atoms with van der Waals surface area (Å²) in [4.78, 5) is 4.67. The number of halogens is 1. The van der Waals surface area contributed by atoms with Gasteiger partial charge in [0.25, 0.3) is 0 Å². The highest BCUT2D eigenvalue weighted by molar-refractivity contribution is 6.31. The second-order valence-corrected chi connectivity index (χ2v) is 6.13. The third kappa shape index (κ3) is 2.25. The third-order valence-electron chi connectivity index (χ3n) is 3.27. The molecule has 0 bridgehead atoms. The van der Waals surface area contributed by atoms with Crippen molar-refractivity contribution in [1.82, 2.24) is 9.55 Å². The summed E-state index contributed by atoms with van der Waals surface area (Å²) in [5.41, 5.74) is 8.33. The first-order valence-electron chi connectivity index (χ1n) is 6.26. The van der Waals surface area contributed by atoms with E-state index in [9.17, 15) is 0 Å². The molecule has 0 saturated carbocycles. The Labute approximate surface area is 113 Å². The zero-order chi connectivity index (χ0) is 13.5. The second-order valence-electron chi connectivity index (χ2n) is 5.69. The van der Waals surface area contributed by atoms with Crippen LogP contribution in [0.3, 0.4) is 0 Å². The number of hydrogen-bond acceptors (Lipinski definition) is 2. The molecule has 0 aliphatic heterocycles. The van der Waals surface area contributed by atoms with E-state index in [0.717, 1.165) is 28.4 Å². The van der Waals surface area contributed by atoms with Gasteiger partial charge in [-0.2, -0.15) is 0 Å². The molecule has 2 N–H and O–H groups in total. The maximum Gasteiger partial charge on any atom is 0.127 e. The zero-order valence-electron chi connectivity index (χ0n) is 11.4. The van der Waals surface area contributed by atoms with Gasteiger partial charge in [-0.3, -0.25) is 0 Å². The number of hydrogen-bond donors (Lipinski definition) is 1. The molecule has 4 heteroatoms. The summed E-state index contributed by atoms with van der Waals surface area (Å²) in [6.07, 6.45) is 0. The van der Waals surface area contributed by atoms with Crippen molar-refractivity contribution in [3.8, 4) is 0 Å². The van der Waals surface area contributed by atoms with Crippen molar-refractivity contribution in [3.63, 3.8) is 0 Å². The van der Waals surface area contributed by atoms with E-state index in [1.54, 1.807) is 0 Å². The van der Waals surface area contributed by atoms with Crippen LogP contribution in [0.2, 0.25) is 5.02 Å². The number of aromatic nitrogens is 2. The molecule has 0 spiro atoms. The van der Waals surface area contributed by atoms with Crippen LogP contribution in [0.4, 0.5) is 0 Å². The molecule has 3 nitrogen and oxygen atoms in total. The highest BCUT2D eigenvalue weighted by Gasteiger charge is 2.27. The fraction of sp³-hybridized carbons (Fsp3) is 0.500. The van der Waals surface area contributed by atoms with Crippen molar-refractivity contribution in [1.29, 1.82) is 0 Å². The van der Waals surface area contributed by atoms with Gasteiger partial charge in [0, 0.05) is 11.6 Å². The molecule has 0 amide bonds. The van der Waals surface area contributed by atoms with Gasteiger partial charge in [0.05, 0.1) is 17.1 Å². The summed E-state index contributed by atoms with van der Waals surface area (Å²) < 4.78 is 2.15. The molecule has 1 heterocycles. The van der Waals surface area contributed by atoms with Crippen molar-refractivity contribution in [2.75, 3.05) is 0 Å². The summed E-state index contributed by atoms with van der Waals surface area (Å²) in [6.45, 7) is 9.33. The predicted molar refractivity (Wildman–Crippen MR) is 76.8 cm³/mol. The largest absolute Gasteiger partial charge is 0.327 e. The normalized spacial score (nSPS) is 14.1. The molecule has 1 aromatic carbocycles. The van der Waals surface area contributed by atoms with Crippen molar-refractivity contribution in [2.45, 2.75) is 40.3 Å². The van der Waals surface area contributed by atoms with Crippen molar-refractivity contribution < 1.29 is 0 Å². The Bertz CT molecular complexity index is 566. The number of aryl methyl sites for hydroxylation is 1. The average Bonchev–Trinajstić information content (AvgIpc) is 2.64. The lowest BCUT2D eigenvalue weighted by molar-refractivity contribution is 0.309. The number of fused-ring (bicyclic) bond motifs is 1. The quantitative estimate of drug-likeness (QED) is 0.899. The highest BCUT2D eigenvalue weighted by atomic mass is 35.5. The van der Waals surface area contributed by atoms with E-state index in [1.165, 1.54) is 0 Å². The molecule has 0 radical (unpaired) electrons. The van der Waals surface area contributed by atoms with Crippen LogP contribution < -0.4 is 5.73 Å². The summed E-state index contributed by atoms with van der Waals surface area (Å²) in [7, 11) is 0. The highest BCUT2D eigenvalue weighted by Crippen LogP contribution is 2.32. The zero-order valence-corrected chi connectivity index (χ0v) is 12.1. The molecule has 0 fully saturated rings. The maximum absolute atomic E-state index is 6.33. The fourth-order valence-electron chi connectivity index (χ4n) is 2.07. The SMILES string of the molecule is CCn1c(C(N)C(C)(C)C)nc2ccc(Cl)cc21. The Morgan fingerprint density at radius 2 is 2.06 bits per heavy atom. The Balaban J connectivity index is 2.65. The van der Waals surface area contributed by atoms with Crippen molar-refractivity contribution in [3.05, 3.63) is 29.0 Å². The van der Waals surface area contributed by atoms with Crippen LogP contribution in [-0.2, 0) is 6.54 Å². The minimum absolute atomic E-state index is 0.0158. The summed E-state index contributed by atoms with van der Waals surface area (Å²) in [6, 6.07) is 5.67. The van der Waals surface area contributed by atoms with Crippen molar-refractivity contribution >= 4 is 22.6 Å². The van der Waals surface area contributed by atoms with E-state index >= 15 is 0 Å². The van der Waals surface area contributed by atoms with Crippen LogP contribution in [0.25, 0.3) is 11.0 Å². The van der Waals surface area contributed by atoms with Gasteiger partial charge >= 0.3 is 0 Å². The first-order valence-corrected chi connectivity index (χ1v) is 6.63. The lowest BCUT2D eigenvalue weighted by Crippen LogP contribution is -2.29. The number of nitrogens with two attached hydrogens (primary N) is 1. The molecule has 18 heavy (non-hydrogen) atoms. The number of rotatable bonds is 2. The second kappa shape index (κ2) is 4.56. The maximum atomic E-state index is 6.33. The summed E-state index contributed by atoms with van der Waals surface area (Å²) in [5, 5.41) is 0.730. The molecule has 98 valence electrons. The summed E-state index contributed by atoms with van der Waals surface area (Å²) in [5.74, 6) is 0.933. The van der Waals surface area contributed by atoms with Gasteiger partial charge in [0.1, 0.15) is 5.82 Å². The van der Waals surface area contributed by atoms with Crippen molar-refractivity contribution in [2.24, 2.45) is 11.1 Å². The number of nitrogens with zero attached hydrogens (tertiary/aromatic N) is 2. The van der Waals surface area contributed by atoms with E-state index in [2.05, 4.69) is 37.2 Å². The molecular weight excluding hydrogens is 246 g/mol. The van der Waals surface area contributed by atoms with E-state index in [0.29, 0.717) is 0 Å². The smallest absolute Gasteiger partial charge is 0.127 e. The molecule has 0 aliphatic rings. The molecule has 1 unspecified atom stereocenters. The van der Waals surface area contributed by atoms with Crippen LogP contribution in [0.1, 0.15) is 39.6 Å². The molecular formula is C14H20ClN3. The van der Waals surface area contributed by atoms with Gasteiger partial charge in [-0.05, 0) is 30.5 Å². The predicted octanol–water partition coefficient (Wildman–Crippen LogP) is 3.76. The van der Waals surface area contributed by atoms with Crippen LogP contribution in [-0.4, -0.2) is 9.55 Å². The lowest BCUT2D eigenvalue weighted by Gasteiger charge is -2.26. The van der Waals surface area contributed by atoms with Gasteiger partial charge < -0.3 is 10.3 Å². The lowest BCUT2D eigenvalue weighted by atomic mass is 9.87.